The Morgan fingerprint density at radius 3 is 3.00 bits per heavy atom. The second kappa shape index (κ2) is 4.66. The first-order valence-electron chi connectivity index (χ1n) is 5.77. The van der Waals surface area contributed by atoms with E-state index in [-0.39, 0.29) is 5.91 Å². The molecule has 0 radical (unpaired) electrons. The largest absolute Gasteiger partial charge is 0.319 e. The molecule has 0 aromatic heterocycles. The number of anilines is 1. The van der Waals surface area contributed by atoms with Gasteiger partial charge in [-0.2, -0.15) is 0 Å². The molecule has 1 aromatic rings. The van der Waals surface area contributed by atoms with Gasteiger partial charge in [0.2, 0.25) is 5.91 Å². The highest BCUT2D eigenvalue weighted by molar-refractivity contribution is 5.93. The van der Waals surface area contributed by atoms with E-state index in [1.807, 2.05) is 11.9 Å². The predicted octanol–water partition coefficient (Wildman–Crippen LogP) is 1.36. The van der Waals surface area contributed by atoms with Gasteiger partial charge in [0.15, 0.2) is 0 Å². The zero-order valence-electron chi connectivity index (χ0n) is 9.92. The van der Waals surface area contributed by atoms with Crippen molar-refractivity contribution in [1.82, 2.24) is 5.32 Å². The molecular formula is C13H18N2O. The van der Waals surface area contributed by atoms with Gasteiger partial charge in [-0.05, 0) is 43.6 Å². The number of carbonyl (C=O) groups is 1. The van der Waals surface area contributed by atoms with Crippen LogP contribution in [0.25, 0.3) is 0 Å². The van der Waals surface area contributed by atoms with Crippen LogP contribution >= 0.6 is 0 Å². The molecule has 16 heavy (non-hydrogen) atoms. The highest BCUT2D eigenvalue weighted by atomic mass is 16.2. The monoisotopic (exact) mass is 218 g/mol. The molecule has 3 nitrogen and oxygen atoms in total. The van der Waals surface area contributed by atoms with Crippen molar-refractivity contribution in [2.75, 3.05) is 25.0 Å². The Morgan fingerprint density at radius 2 is 2.31 bits per heavy atom. The van der Waals surface area contributed by atoms with Gasteiger partial charge in [-0.25, -0.2) is 0 Å². The van der Waals surface area contributed by atoms with Crippen molar-refractivity contribution in [2.45, 2.75) is 19.8 Å². The molecule has 2 rings (SSSR count). The maximum atomic E-state index is 11.4. The van der Waals surface area contributed by atoms with Crippen molar-refractivity contribution in [3.8, 4) is 0 Å². The standard InChI is InChI=1S/C13H18N2O/c1-10(16)15-8-6-12-9-11(5-7-14-2)3-4-13(12)15/h3-4,9,14H,5-8H2,1-2H3. The number of likely N-dealkylation sites (N-methyl/N-ethyl adjacent to an activating group) is 1. The molecule has 1 aliphatic rings. The van der Waals surface area contributed by atoms with Gasteiger partial charge < -0.3 is 10.2 Å². The number of rotatable bonds is 3. The van der Waals surface area contributed by atoms with Crippen LogP contribution in [0.3, 0.4) is 0 Å². The van der Waals surface area contributed by atoms with Crippen LogP contribution in [0.5, 0.6) is 0 Å². The fourth-order valence-corrected chi connectivity index (χ4v) is 2.21. The lowest BCUT2D eigenvalue weighted by Crippen LogP contribution is -2.25. The SMILES string of the molecule is CNCCc1ccc2c(c1)CCN2C(C)=O. The normalized spacial score (nSPS) is 14.0. The predicted molar refractivity (Wildman–Crippen MR) is 65.8 cm³/mol. The zero-order valence-corrected chi connectivity index (χ0v) is 9.92. The first kappa shape index (κ1) is 11.1. The molecule has 0 bridgehead atoms. The summed E-state index contributed by atoms with van der Waals surface area (Å²) in [5.74, 6) is 0.140. The van der Waals surface area contributed by atoms with E-state index in [2.05, 4.69) is 23.5 Å². The molecule has 0 aliphatic carbocycles. The van der Waals surface area contributed by atoms with E-state index in [4.69, 9.17) is 0 Å². The van der Waals surface area contributed by atoms with E-state index in [9.17, 15) is 4.79 Å². The number of hydrogen-bond donors (Lipinski definition) is 1. The van der Waals surface area contributed by atoms with E-state index in [1.165, 1.54) is 11.1 Å². The Kier molecular flexibility index (Phi) is 3.25. The molecule has 1 aliphatic heterocycles. The Morgan fingerprint density at radius 1 is 1.50 bits per heavy atom. The topological polar surface area (TPSA) is 32.3 Å². The van der Waals surface area contributed by atoms with E-state index in [1.54, 1.807) is 6.92 Å². The van der Waals surface area contributed by atoms with Gasteiger partial charge in [0, 0.05) is 19.2 Å². The summed E-state index contributed by atoms with van der Waals surface area (Å²) in [5.41, 5.74) is 3.75. The number of hydrogen-bond acceptors (Lipinski definition) is 2. The van der Waals surface area contributed by atoms with Crippen molar-refractivity contribution in [1.29, 1.82) is 0 Å². The molecule has 0 unspecified atom stereocenters. The van der Waals surface area contributed by atoms with Crippen molar-refractivity contribution < 1.29 is 4.79 Å². The van der Waals surface area contributed by atoms with Crippen LogP contribution in [0, 0.1) is 0 Å². The second-order valence-corrected chi connectivity index (χ2v) is 4.24. The molecule has 0 spiro atoms. The summed E-state index contributed by atoms with van der Waals surface area (Å²) in [4.78, 5) is 13.2. The third-order valence-electron chi connectivity index (χ3n) is 3.08. The third kappa shape index (κ3) is 2.09. The van der Waals surface area contributed by atoms with Crippen LogP contribution in [0.2, 0.25) is 0 Å². The van der Waals surface area contributed by atoms with E-state index in [0.29, 0.717) is 0 Å². The fourth-order valence-electron chi connectivity index (χ4n) is 2.21. The van der Waals surface area contributed by atoms with Crippen LogP contribution in [0.15, 0.2) is 18.2 Å². The van der Waals surface area contributed by atoms with Gasteiger partial charge in [-0.3, -0.25) is 4.79 Å². The van der Waals surface area contributed by atoms with Gasteiger partial charge in [0.05, 0.1) is 0 Å². The highest BCUT2D eigenvalue weighted by Crippen LogP contribution is 2.28. The summed E-state index contributed by atoms with van der Waals surface area (Å²) >= 11 is 0. The Labute approximate surface area is 96.5 Å². The maximum Gasteiger partial charge on any atom is 0.223 e. The minimum absolute atomic E-state index is 0.140. The summed E-state index contributed by atoms with van der Waals surface area (Å²) in [6.07, 6.45) is 2.03. The lowest BCUT2D eigenvalue weighted by molar-refractivity contribution is -0.116. The summed E-state index contributed by atoms with van der Waals surface area (Å²) in [5, 5.41) is 3.15. The number of benzene rings is 1. The minimum atomic E-state index is 0.140. The number of carbonyl (C=O) groups excluding carboxylic acids is 1. The number of amides is 1. The smallest absolute Gasteiger partial charge is 0.223 e. The van der Waals surface area contributed by atoms with Gasteiger partial charge in [-0.15, -0.1) is 0 Å². The first-order valence-corrected chi connectivity index (χ1v) is 5.77. The first-order chi connectivity index (χ1) is 7.72. The minimum Gasteiger partial charge on any atom is -0.319 e. The lowest BCUT2D eigenvalue weighted by Gasteiger charge is -2.14. The Hall–Kier alpha value is -1.35. The van der Waals surface area contributed by atoms with Gasteiger partial charge in [0.25, 0.3) is 0 Å². The Bertz CT molecular complexity index is 401. The van der Waals surface area contributed by atoms with E-state index >= 15 is 0 Å². The van der Waals surface area contributed by atoms with E-state index < -0.39 is 0 Å². The van der Waals surface area contributed by atoms with Crippen LogP contribution in [-0.2, 0) is 17.6 Å². The van der Waals surface area contributed by atoms with Crippen LogP contribution in [-0.4, -0.2) is 26.0 Å². The quantitative estimate of drug-likeness (QED) is 0.830. The molecule has 86 valence electrons. The average molecular weight is 218 g/mol. The van der Waals surface area contributed by atoms with Crippen LogP contribution < -0.4 is 10.2 Å². The summed E-state index contributed by atoms with van der Waals surface area (Å²) < 4.78 is 0. The maximum absolute atomic E-state index is 11.4. The molecule has 1 aromatic carbocycles. The molecule has 1 amide bonds. The molecule has 3 heteroatoms. The molecule has 1 N–H and O–H groups in total. The summed E-state index contributed by atoms with van der Waals surface area (Å²) in [7, 11) is 1.96. The molecular weight excluding hydrogens is 200 g/mol. The number of fused-ring (bicyclic) bond motifs is 1. The number of nitrogens with zero attached hydrogens (tertiary/aromatic N) is 1. The fraction of sp³-hybridized carbons (Fsp3) is 0.462. The highest BCUT2D eigenvalue weighted by Gasteiger charge is 2.21. The van der Waals surface area contributed by atoms with Crippen molar-refractivity contribution >= 4 is 11.6 Å². The van der Waals surface area contributed by atoms with Crippen LogP contribution in [0.1, 0.15) is 18.1 Å². The van der Waals surface area contributed by atoms with Gasteiger partial charge >= 0.3 is 0 Å². The van der Waals surface area contributed by atoms with E-state index in [0.717, 1.165) is 31.6 Å². The summed E-state index contributed by atoms with van der Waals surface area (Å²) in [6, 6.07) is 6.43. The summed E-state index contributed by atoms with van der Waals surface area (Å²) in [6.45, 7) is 3.46. The van der Waals surface area contributed by atoms with Crippen molar-refractivity contribution in [3.63, 3.8) is 0 Å². The molecule has 0 saturated carbocycles. The van der Waals surface area contributed by atoms with Gasteiger partial charge in [-0.1, -0.05) is 12.1 Å². The molecule has 0 saturated heterocycles. The molecule has 0 fully saturated rings. The number of nitrogens with one attached hydrogen (secondary N) is 1. The molecule has 1 heterocycles. The lowest BCUT2D eigenvalue weighted by atomic mass is 10.1. The van der Waals surface area contributed by atoms with Crippen molar-refractivity contribution in [3.05, 3.63) is 29.3 Å². The average Bonchev–Trinajstić information content (AvgIpc) is 2.69. The van der Waals surface area contributed by atoms with Crippen LogP contribution in [0.4, 0.5) is 5.69 Å². The second-order valence-electron chi connectivity index (χ2n) is 4.24. The van der Waals surface area contributed by atoms with Crippen molar-refractivity contribution in [2.24, 2.45) is 0 Å². The third-order valence-corrected chi connectivity index (χ3v) is 3.08. The van der Waals surface area contributed by atoms with Gasteiger partial charge in [0.1, 0.15) is 0 Å². The Balaban J connectivity index is 2.19. The molecule has 0 atom stereocenters. The zero-order chi connectivity index (χ0) is 11.5.